The van der Waals surface area contributed by atoms with E-state index in [9.17, 15) is 4.79 Å². The molecule has 0 aliphatic heterocycles. The van der Waals surface area contributed by atoms with Crippen LogP contribution in [0.15, 0.2) is 65.7 Å². The summed E-state index contributed by atoms with van der Waals surface area (Å²) in [4.78, 5) is 18.0. The van der Waals surface area contributed by atoms with Crippen LogP contribution in [0.2, 0.25) is 0 Å². The van der Waals surface area contributed by atoms with Crippen molar-refractivity contribution in [2.45, 2.75) is 38.8 Å². The SMILES string of the molecule is CC(CCc1ccccc1)NC(=NCC(=O)N(C)C)NC(C)c1ccccc1. The first kappa shape index (κ1) is 21.5. The zero-order valence-corrected chi connectivity index (χ0v) is 17.4. The molecule has 2 rings (SSSR count). The molecule has 0 radical (unpaired) electrons. The van der Waals surface area contributed by atoms with E-state index in [4.69, 9.17) is 0 Å². The highest BCUT2D eigenvalue weighted by molar-refractivity contribution is 5.85. The van der Waals surface area contributed by atoms with Crippen LogP contribution in [-0.4, -0.2) is 43.4 Å². The first-order chi connectivity index (χ1) is 13.5. The van der Waals surface area contributed by atoms with E-state index in [1.54, 1.807) is 19.0 Å². The molecule has 2 N–H and O–H groups in total. The van der Waals surface area contributed by atoms with Crippen LogP contribution in [0, 0.1) is 0 Å². The highest BCUT2D eigenvalue weighted by Crippen LogP contribution is 2.11. The summed E-state index contributed by atoms with van der Waals surface area (Å²) in [6.45, 7) is 4.35. The third-order valence-corrected chi connectivity index (χ3v) is 4.62. The fraction of sp³-hybridized carbons (Fsp3) is 0.391. The monoisotopic (exact) mass is 380 g/mol. The van der Waals surface area contributed by atoms with Gasteiger partial charge in [0.2, 0.25) is 5.91 Å². The van der Waals surface area contributed by atoms with Crippen LogP contribution in [0.25, 0.3) is 0 Å². The Balaban J connectivity index is 2.00. The van der Waals surface area contributed by atoms with E-state index in [0.29, 0.717) is 5.96 Å². The third kappa shape index (κ3) is 7.43. The van der Waals surface area contributed by atoms with Crippen LogP contribution in [0.4, 0.5) is 0 Å². The summed E-state index contributed by atoms with van der Waals surface area (Å²) < 4.78 is 0. The largest absolute Gasteiger partial charge is 0.354 e. The second-order valence-electron chi connectivity index (χ2n) is 7.30. The van der Waals surface area contributed by atoms with Crippen LogP contribution in [-0.2, 0) is 11.2 Å². The van der Waals surface area contributed by atoms with E-state index < -0.39 is 0 Å². The predicted molar refractivity (Wildman–Crippen MR) is 116 cm³/mol. The van der Waals surface area contributed by atoms with Crippen molar-refractivity contribution in [2.24, 2.45) is 4.99 Å². The summed E-state index contributed by atoms with van der Waals surface area (Å²) >= 11 is 0. The molecule has 0 saturated heterocycles. The second kappa shape index (κ2) is 11.1. The number of likely N-dealkylation sites (N-methyl/N-ethyl adjacent to an activating group) is 1. The van der Waals surface area contributed by atoms with E-state index in [1.165, 1.54) is 11.1 Å². The Hall–Kier alpha value is -2.82. The number of hydrogen-bond donors (Lipinski definition) is 2. The molecule has 150 valence electrons. The zero-order chi connectivity index (χ0) is 20.4. The molecule has 5 heteroatoms. The lowest BCUT2D eigenvalue weighted by Gasteiger charge is -2.22. The Kier molecular flexibility index (Phi) is 8.53. The van der Waals surface area contributed by atoms with Gasteiger partial charge in [0.15, 0.2) is 5.96 Å². The highest BCUT2D eigenvalue weighted by Gasteiger charge is 2.12. The maximum Gasteiger partial charge on any atom is 0.243 e. The lowest BCUT2D eigenvalue weighted by atomic mass is 10.1. The molecular weight excluding hydrogens is 348 g/mol. The van der Waals surface area contributed by atoms with E-state index in [-0.39, 0.29) is 24.5 Å². The number of benzene rings is 2. The fourth-order valence-corrected chi connectivity index (χ4v) is 2.78. The number of carbonyl (C=O) groups is 1. The second-order valence-corrected chi connectivity index (χ2v) is 7.30. The topological polar surface area (TPSA) is 56.7 Å². The molecule has 0 aliphatic carbocycles. The molecule has 5 nitrogen and oxygen atoms in total. The first-order valence-electron chi connectivity index (χ1n) is 9.82. The van der Waals surface area contributed by atoms with E-state index >= 15 is 0 Å². The van der Waals surface area contributed by atoms with Crippen LogP contribution in [0.5, 0.6) is 0 Å². The molecule has 1 amide bonds. The van der Waals surface area contributed by atoms with Gasteiger partial charge in [0.25, 0.3) is 0 Å². The number of carbonyl (C=O) groups excluding carboxylic acids is 1. The number of nitrogens with zero attached hydrogens (tertiary/aromatic N) is 2. The first-order valence-corrected chi connectivity index (χ1v) is 9.82. The van der Waals surface area contributed by atoms with Crippen LogP contribution in [0.3, 0.4) is 0 Å². The number of hydrogen-bond acceptors (Lipinski definition) is 2. The number of amides is 1. The minimum Gasteiger partial charge on any atom is -0.354 e. The number of nitrogens with one attached hydrogen (secondary N) is 2. The van der Waals surface area contributed by atoms with Gasteiger partial charge >= 0.3 is 0 Å². The molecule has 2 unspecified atom stereocenters. The van der Waals surface area contributed by atoms with Crippen molar-refractivity contribution in [3.63, 3.8) is 0 Å². The summed E-state index contributed by atoms with van der Waals surface area (Å²) in [5, 5.41) is 6.88. The third-order valence-electron chi connectivity index (χ3n) is 4.62. The van der Waals surface area contributed by atoms with E-state index in [2.05, 4.69) is 65.9 Å². The van der Waals surface area contributed by atoms with Gasteiger partial charge in [-0.2, -0.15) is 0 Å². The van der Waals surface area contributed by atoms with Crippen LogP contribution in [0.1, 0.15) is 37.4 Å². The lowest BCUT2D eigenvalue weighted by molar-refractivity contribution is -0.127. The smallest absolute Gasteiger partial charge is 0.243 e. The molecule has 0 spiro atoms. The van der Waals surface area contributed by atoms with Gasteiger partial charge in [0.05, 0.1) is 6.04 Å². The normalized spacial score (nSPS) is 13.5. The average Bonchev–Trinajstić information content (AvgIpc) is 2.71. The number of aryl methyl sites for hydroxylation is 1. The molecule has 0 fully saturated rings. The van der Waals surface area contributed by atoms with Crippen molar-refractivity contribution >= 4 is 11.9 Å². The van der Waals surface area contributed by atoms with Crippen LogP contribution >= 0.6 is 0 Å². The molecule has 2 aromatic rings. The Morgan fingerprint density at radius 2 is 1.57 bits per heavy atom. The predicted octanol–water partition coefficient (Wildman–Crippen LogP) is 3.39. The molecule has 0 bridgehead atoms. The van der Waals surface area contributed by atoms with E-state index in [1.807, 2.05) is 24.3 Å². The minimum absolute atomic E-state index is 0.0228. The van der Waals surface area contributed by atoms with Crippen molar-refractivity contribution in [2.75, 3.05) is 20.6 Å². The van der Waals surface area contributed by atoms with Crippen molar-refractivity contribution in [1.82, 2.24) is 15.5 Å². The molecular formula is C23H32N4O. The quantitative estimate of drug-likeness (QED) is 0.545. The minimum atomic E-state index is -0.0228. The lowest BCUT2D eigenvalue weighted by Crippen LogP contribution is -2.44. The standard InChI is InChI=1S/C23H32N4O/c1-18(15-16-20-11-7-5-8-12-20)25-23(24-17-22(28)27(3)4)26-19(2)21-13-9-6-10-14-21/h5-14,18-19H,15-17H2,1-4H3,(H2,24,25,26). The summed E-state index contributed by atoms with van der Waals surface area (Å²) in [6.07, 6.45) is 1.97. The van der Waals surface area contributed by atoms with Gasteiger partial charge < -0.3 is 15.5 Å². The number of rotatable bonds is 8. The molecule has 0 heterocycles. The van der Waals surface area contributed by atoms with Gasteiger partial charge in [-0.05, 0) is 37.8 Å². The van der Waals surface area contributed by atoms with Crippen molar-refractivity contribution < 1.29 is 4.79 Å². The summed E-state index contributed by atoms with van der Waals surface area (Å²) in [5.41, 5.74) is 2.50. The van der Waals surface area contributed by atoms with E-state index in [0.717, 1.165) is 12.8 Å². The molecule has 2 aromatic carbocycles. The highest BCUT2D eigenvalue weighted by atomic mass is 16.2. The van der Waals surface area contributed by atoms with Gasteiger partial charge in [0, 0.05) is 20.1 Å². The maximum atomic E-state index is 12.0. The average molecular weight is 381 g/mol. The molecule has 28 heavy (non-hydrogen) atoms. The summed E-state index contributed by atoms with van der Waals surface area (Å²) in [6, 6.07) is 21.0. The van der Waals surface area contributed by atoms with Gasteiger partial charge in [-0.25, -0.2) is 4.99 Å². The van der Waals surface area contributed by atoms with Crippen molar-refractivity contribution in [1.29, 1.82) is 0 Å². The maximum absolute atomic E-state index is 12.0. The van der Waals surface area contributed by atoms with Crippen LogP contribution < -0.4 is 10.6 Å². The summed E-state index contributed by atoms with van der Waals surface area (Å²) in [5.74, 6) is 0.637. The Bertz CT molecular complexity index is 744. The van der Waals surface area contributed by atoms with Crippen molar-refractivity contribution in [3.8, 4) is 0 Å². The molecule has 0 saturated carbocycles. The number of guanidine groups is 1. The Labute approximate surface area is 168 Å². The molecule has 0 aliphatic rings. The van der Waals surface area contributed by atoms with Gasteiger partial charge in [0.1, 0.15) is 6.54 Å². The van der Waals surface area contributed by atoms with Crippen molar-refractivity contribution in [3.05, 3.63) is 71.8 Å². The molecule has 2 atom stereocenters. The van der Waals surface area contributed by atoms with Gasteiger partial charge in [-0.15, -0.1) is 0 Å². The van der Waals surface area contributed by atoms with Gasteiger partial charge in [-0.3, -0.25) is 4.79 Å². The molecule has 0 aromatic heterocycles. The number of aliphatic imine (C=N–C) groups is 1. The van der Waals surface area contributed by atoms with Gasteiger partial charge in [-0.1, -0.05) is 60.7 Å². The fourth-order valence-electron chi connectivity index (χ4n) is 2.78. The Morgan fingerprint density at radius 3 is 2.18 bits per heavy atom. The Morgan fingerprint density at radius 1 is 0.964 bits per heavy atom. The zero-order valence-electron chi connectivity index (χ0n) is 17.4. The summed E-state index contributed by atoms with van der Waals surface area (Å²) in [7, 11) is 3.49.